The largest absolute Gasteiger partial charge is 0.360 e. The summed E-state index contributed by atoms with van der Waals surface area (Å²) in [5, 5.41) is 7.22. The molecule has 17 heavy (non-hydrogen) atoms. The van der Waals surface area contributed by atoms with Crippen LogP contribution in [0, 0.1) is 12.3 Å². The predicted octanol–water partition coefficient (Wildman–Crippen LogP) is 1.63. The van der Waals surface area contributed by atoms with Gasteiger partial charge in [0.15, 0.2) is 5.76 Å². The molecule has 1 aromatic rings. The van der Waals surface area contributed by atoms with E-state index >= 15 is 0 Å². The molecule has 4 nitrogen and oxygen atoms in total. The van der Waals surface area contributed by atoms with Gasteiger partial charge in [0, 0.05) is 12.6 Å². The molecule has 0 unspecified atom stereocenters. The molecule has 0 radical (unpaired) electrons. The third kappa shape index (κ3) is 5.03. The lowest BCUT2D eigenvalue weighted by molar-refractivity contribution is 0.254. The monoisotopic (exact) mass is 235 g/mol. The van der Waals surface area contributed by atoms with Crippen LogP contribution in [-0.2, 0) is 13.1 Å². The Morgan fingerprint density at radius 3 is 3.00 bits per heavy atom. The first-order chi connectivity index (χ1) is 8.30. The highest BCUT2D eigenvalue weighted by atomic mass is 16.5. The van der Waals surface area contributed by atoms with Gasteiger partial charge in [0.1, 0.15) is 0 Å². The van der Waals surface area contributed by atoms with Crippen molar-refractivity contribution in [2.75, 3.05) is 19.6 Å². The first kappa shape index (κ1) is 13.8. The van der Waals surface area contributed by atoms with Crippen molar-refractivity contribution >= 4 is 0 Å². The van der Waals surface area contributed by atoms with Crippen molar-refractivity contribution in [2.24, 2.45) is 0 Å². The number of terminal acetylenes is 1. The maximum Gasteiger partial charge on any atom is 0.151 e. The SMILES string of the molecule is C#CCN(CCC)Cc1cc(CNCC)no1. The first-order valence-electron chi connectivity index (χ1n) is 6.11. The number of nitrogens with zero attached hydrogens (tertiary/aromatic N) is 2. The summed E-state index contributed by atoms with van der Waals surface area (Å²) in [7, 11) is 0. The summed E-state index contributed by atoms with van der Waals surface area (Å²) >= 11 is 0. The number of nitrogens with one attached hydrogen (secondary N) is 1. The van der Waals surface area contributed by atoms with Gasteiger partial charge in [-0.2, -0.15) is 0 Å². The summed E-state index contributed by atoms with van der Waals surface area (Å²) in [5.74, 6) is 3.54. The molecule has 0 amide bonds. The Balaban J connectivity index is 2.48. The van der Waals surface area contributed by atoms with Crippen molar-refractivity contribution in [1.82, 2.24) is 15.4 Å². The van der Waals surface area contributed by atoms with Gasteiger partial charge in [0.25, 0.3) is 0 Å². The lowest BCUT2D eigenvalue weighted by Crippen LogP contribution is -2.24. The molecule has 0 aliphatic carbocycles. The minimum Gasteiger partial charge on any atom is -0.360 e. The third-order valence-corrected chi connectivity index (χ3v) is 2.40. The second-order valence-electron chi connectivity index (χ2n) is 3.98. The standard InChI is InChI=1S/C13H21N3O/c1-4-7-16(8-5-2)11-13-9-12(15-17-13)10-14-6-3/h1,9,14H,5-8,10-11H2,2-3H3. The number of rotatable bonds is 8. The van der Waals surface area contributed by atoms with Crippen LogP contribution in [0.3, 0.4) is 0 Å². The number of hydrogen-bond donors (Lipinski definition) is 1. The van der Waals surface area contributed by atoms with Crippen molar-refractivity contribution < 1.29 is 4.52 Å². The van der Waals surface area contributed by atoms with E-state index in [1.807, 2.05) is 6.07 Å². The Kier molecular flexibility index (Phi) is 6.38. The van der Waals surface area contributed by atoms with Gasteiger partial charge in [-0.25, -0.2) is 0 Å². The van der Waals surface area contributed by atoms with Gasteiger partial charge in [-0.05, 0) is 19.5 Å². The zero-order chi connectivity index (χ0) is 12.5. The quantitative estimate of drug-likeness (QED) is 0.695. The van der Waals surface area contributed by atoms with E-state index in [0.29, 0.717) is 6.54 Å². The Labute approximate surface area is 103 Å². The maximum atomic E-state index is 5.34. The normalized spacial score (nSPS) is 10.7. The molecule has 0 bridgehead atoms. The molecule has 0 aliphatic heterocycles. The highest BCUT2D eigenvalue weighted by molar-refractivity contribution is 5.05. The van der Waals surface area contributed by atoms with Crippen LogP contribution < -0.4 is 5.32 Å². The Bertz CT molecular complexity index is 354. The molecule has 4 heteroatoms. The molecule has 0 aliphatic rings. The smallest absolute Gasteiger partial charge is 0.151 e. The van der Waals surface area contributed by atoms with Crippen LogP contribution in [0.25, 0.3) is 0 Å². The van der Waals surface area contributed by atoms with E-state index in [2.05, 4.69) is 35.1 Å². The maximum absolute atomic E-state index is 5.34. The van der Waals surface area contributed by atoms with Crippen molar-refractivity contribution in [1.29, 1.82) is 0 Å². The van der Waals surface area contributed by atoms with E-state index in [1.54, 1.807) is 0 Å². The second-order valence-corrected chi connectivity index (χ2v) is 3.98. The van der Waals surface area contributed by atoms with Gasteiger partial charge in [-0.15, -0.1) is 6.42 Å². The van der Waals surface area contributed by atoms with Gasteiger partial charge < -0.3 is 9.84 Å². The first-order valence-corrected chi connectivity index (χ1v) is 6.11. The summed E-state index contributed by atoms with van der Waals surface area (Å²) < 4.78 is 5.28. The number of hydrogen-bond acceptors (Lipinski definition) is 4. The van der Waals surface area contributed by atoms with E-state index in [9.17, 15) is 0 Å². The second kappa shape index (κ2) is 7.88. The van der Waals surface area contributed by atoms with Crippen LogP contribution in [0.1, 0.15) is 31.7 Å². The molecule has 0 atom stereocenters. The Morgan fingerprint density at radius 1 is 1.53 bits per heavy atom. The fraction of sp³-hybridized carbons (Fsp3) is 0.615. The summed E-state index contributed by atoms with van der Waals surface area (Å²) in [6.07, 6.45) is 6.42. The van der Waals surface area contributed by atoms with Crippen LogP contribution >= 0.6 is 0 Å². The van der Waals surface area contributed by atoms with Crippen molar-refractivity contribution in [3.63, 3.8) is 0 Å². The van der Waals surface area contributed by atoms with Crippen LogP contribution in [0.2, 0.25) is 0 Å². The van der Waals surface area contributed by atoms with Crippen LogP contribution in [0.4, 0.5) is 0 Å². The fourth-order valence-corrected chi connectivity index (χ4v) is 1.65. The molecule has 0 saturated carbocycles. The number of aromatic nitrogens is 1. The van der Waals surface area contributed by atoms with Gasteiger partial charge in [-0.1, -0.05) is 24.9 Å². The molecule has 1 aromatic heterocycles. The molecule has 0 aromatic carbocycles. The summed E-state index contributed by atoms with van der Waals surface area (Å²) in [5.41, 5.74) is 0.944. The average Bonchev–Trinajstić information content (AvgIpc) is 2.75. The van der Waals surface area contributed by atoms with Crippen molar-refractivity contribution in [3.8, 4) is 12.3 Å². The van der Waals surface area contributed by atoms with Crippen LogP contribution in [-0.4, -0.2) is 29.7 Å². The lowest BCUT2D eigenvalue weighted by Gasteiger charge is -2.16. The zero-order valence-corrected chi connectivity index (χ0v) is 10.7. The molecular weight excluding hydrogens is 214 g/mol. The van der Waals surface area contributed by atoms with Crippen LogP contribution in [0.15, 0.2) is 10.6 Å². The predicted molar refractivity (Wildman–Crippen MR) is 68.3 cm³/mol. The van der Waals surface area contributed by atoms with E-state index in [0.717, 1.165) is 44.1 Å². The average molecular weight is 235 g/mol. The molecule has 0 fully saturated rings. The van der Waals surface area contributed by atoms with Gasteiger partial charge >= 0.3 is 0 Å². The Hall–Kier alpha value is -1.31. The molecule has 1 rings (SSSR count). The van der Waals surface area contributed by atoms with Gasteiger partial charge in [-0.3, -0.25) is 4.90 Å². The molecule has 1 N–H and O–H groups in total. The van der Waals surface area contributed by atoms with Crippen molar-refractivity contribution in [3.05, 3.63) is 17.5 Å². The van der Waals surface area contributed by atoms with E-state index in [4.69, 9.17) is 10.9 Å². The molecule has 94 valence electrons. The molecular formula is C13H21N3O. The molecule has 0 spiro atoms. The third-order valence-electron chi connectivity index (χ3n) is 2.40. The summed E-state index contributed by atoms with van der Waals surface area (Å²) in [4.78, 5) is 2.18. The minimum atomic E-state index is 0.650. The zero-order valence-electron chi connectivity index (χ0n) is 10.7. The summed E-state index contributed by atoms with van der Waals surface area (Å²) in [6.45, 7) is 8.25. The summed E-state index contributed by atoms with van der Waals surface area (Å²) in [6, 6.07) is 1.99. The van der Waals surface area contributed by atoms with Gasteiger partial charge in [0.05, 0.1) is 18.8 Å². The Morgan fingerprint density at radius 2 is 2.35 bits per heavy atom. The highest BCUT2D eigenvalue weighted by Gasteiger charge is 2.08. The molecule has 0 saturated heterocycles. The topological polar surface area (TPSA) is 41.3 Å². The fourth-order valence-electron chi connectivity index (χ4n) is 1.65. The highest BCUT2D eigenvalue weighted by Crippen LogP contribution is 2.07. The van der Waals surface area contributed by atoms with E-state index in [-0.39, 0.29) is 0 Å². The van der Waals surface area contributed by atoms with Gasteiger partial charge in [0.2, 0.25) is 0 Å². The molecule has 1 heterocycles. The minimum absolute atomic E-state index is 0.650. The van der Waals surface area contributed by atoms with Crippen LogP contribution in [0.5, 0.6) is 0 Å². The van der Waals surface area contributed by atoms with E-state index < -0.39 is 0 Å². The van der Waals surface area contributed by atoms with E-state index in [1.165, 1.54) is 0 Å². The lowest BCUT2D eigenvalue weighted by atomic mass is 10.3. The van der Waals surface area contributed by atoms with Crippen molar-refractivity contribution in [2.45, 2.75) is 33.4 Å².